The Morgan fingerprint density at radius 1 is 1.22 bits per heavy atom. The van der Waals surface area contributed by atoms with Crippen molar-refractivity contribution in [3.63, 3.8) is 0 Å². The Morgan fingerprint density at radius 3 is 2.92 bits per heavy atom. The van der Waals surface area contributed by atoms with Gasteiger partial charge in [-0.25, -0.2) is 14.4 Å². The van der Waals surface area contributed by atoms with E-state index in [1.165, 1.54) is 12.1 Å². The van der Waals surface area contributed by atoms with Crippen LogP contribution in [0.4, 0.5) is 15.9 Å². The molecule has 6 heterocycles. The van der Waals surface area contributed by atoms with Gasteiger partial charge in [0.15, 0.2) is 0 Å². The highest BCUT2D eigenvalue weighted by molar-refractivity contribution is 6.05. The normalized spacial score (nSPS) is 17.1. The summed E-state index contributed by atoms with van der Waals surface area (Å²) < 4.78 is 21.0. The first-order valence-electron chi connectivity index (χ1n) is 11.9. The number of nitrogens with one attached hydrogen (secondary N) is 2. The van der Waals surface area contributed by atoms with Crippen molar-refractivity contribution in [2.24, 2.45) is 0 Å². The zero-order chi connectivity index (χ0) is 24.8. The zero-order valence-corrected chi connectivity index (χ0v) is 20.1. The molecule has 0 aromatic carbocycles. The predicted octanol–water partition coefficient (Wildman–Crippen LogP) is 3.48. The summed E-state index contributed by atoms with van der Waals surface area (Å²) in [5, 5.41) is 6.24. The van der Waals surface area contributed by atoms with E-state index in [9.17, 15) is 9.18 Å². The third kappa shape index (κ3) is 3.98. The number of hydrogen-bond donors (Lipinski definition) is 2. The van der Waals surface area contributed by atoms with Crippen LogP contribution in [0, 0.1) is 5.82 Å². The Labute approximate surface area is 207 Å². The van der Waals surface area contributed by atoms with Crippen LogP contribution in [0.5, 0.6) is 0 Å². The SMILES string of the molecule is CN(C)Cc1cc(Nc2ncc(-c3cnc4cc(F)ccn34)c3c2C(=O)NC3)cnc1[C@@H]1CCOC1. The van der Waals surface area contributed by atoms with Gasteiger partial charge in [-0.15, -0.1) is 0 Å². The van der Waals surface area contributed by atoms with E-state index in [4.69, 9.17) is 9.72 Å². The molecular weight excluding hydrogens is 461 g/mol. The first-order chi connectivity index (χ1) is 17.5. The minimum atomic E-state index is -0.354. The molecule has 0 spiro atoms. The van der Waals surface area contributed by atoms with Gasteiger partial charge in [-0.05, 0) is 43.8 Å². The van der Waals surface area contributed by atoms with Crippen LogP contribution in [0.1, 0.15) is 39.5 Å². The first-order valence-corrected chi connectivity index (χ1v) is 11.9. The maximum atomic E-state index is 13.6. The Hall–Kier alpha value is -3.89. The number of carbonyl (C=O) groups is 1. The summed E-state index contributed by atoms with van der Waals surface area (Å²) in [6.07, 6.45) is 7.79. The molecule has 36 heavy (non-hydrogen) atoms. The van der Waals surface area contributed by atoms with Crippen molar-refractivity contribution in [1.29, 1.82) is 0 Å². The lowest BCUT2D eigenvalue weighted by Gasteiger charge is -2.19. The fourth-order valence-corrected chi connectivity index (χ4v) is 5.02. The van der Waals surface area contributed by atoms with E-state index in [1.807, 2.05) is 14.1 Å². The van der Waals surface area contributed by atoms with Gasteiger partial charge in [0.05, 0.1) is 41.6 Å². The number of hydrogen-bond acceptors (Lipinski definition) is 7. The quantitative estimate of drug-likeness (QED) is 0.430. The van der Waals surface area contributed by atoms with Gasteiger partial charge in [0.2, 0.25) is 0 Å². The summed E-state index contributed by atoms with van der Waals surface area (Å²) >= 11 is 0. The van der Waals surface area contributed by atoms with Crippen LogP contribution in [-0.4, -0.2) is 57.5 Å². The number of nitrogens with zero attached hydrogens (tertiary/aromatic N) is 5. The topological polar surface area (TPSA) is 96.7 Å². The van der Waals surface area contributed by atoms with E-state index in [0.29, 0.717) is 36.1 Å². The molecule has 184 valence electrons. The van der Waals surface area contributed by atoms with E-state index >= 15 is 0 Å². The number of carbonyl (C=O) groups excluding carboxylic acids is 1. The second kappa shape index (κ2) is 8.96. The van der Waals surface area contributed by atoms with E-state index in [1.54, 1.807) is 29.2 Å². The van der Waals surface area contributed by atoms with Gasteiger partial charge < -0.3 is 20.3 Å². The highest BCUT2D eigenvalue weighted by atomic mass is 19.1. The molecule has 1 saturated heterocycles. The summed E-state index contributed by atoms with van der Waals surface area (Å²) in [4.78, 5) is 28.7. The number of rotatable bonds is 6. The van der Waals surface area contributed by atoms with E-state index in [2.05, 4.69) is 31.6 Å². The summed E-state index contributed by atoms with van der Waals surface area (Å²) in [7, 11) is 4.06. The number of anilines is 2. The Morgan fingerprint density at radius 2 is 2.11 bits per heavy atom. The minimum Gasteiger partial charge on any atom is -0.381 e. The van der Waals surface area contributed by atoms with Crippen LogP contribution in [0.15, 0.2) is 43.0 Å². The molecule has 1 amide bonds. The maximum absolute atomic E-state index is 13.6. The van der Waals surface area contributed by atoms with Crippen molar-refractivity contribution >= 4 is 23.1 Å². The van der Waals surface area contributed by atoms with Crippen LogP contribution in [0.25, 0.3) is 16.9 Å². The van der Waals surface area contributed by atoms with E-state index in [0.717, 1.165) is 53.3 Å². The van der Waals surface area contributed by atoms with Gasteiger partial charge in [-0.2, -0.15) is 0 Å². The summed E-state index contributed by atoms with van der Waals surface area (Å²) in [5.41, 5.74) is 6.27. The third-order valence-corrected chi connectivity index (χ3v) is 6.66. The highest BCUT2D eigenvalue weighted by Gasteiger charge is 2.29. The summed E-state index contributed by atoms with van der Waals surface area (Å²) in [5.74, 6) is 0.217. The van der Waals surface area contributed by atoms with Crippen LogP contribution in [0.3, 0.4) is 0 Å². The molecule has 0 unspecified atom stereocenters. The van der Waals surface area contributed by atoms with Gasteiger partial charge in [0.25, 0.3) is 5.91 Å². The standard InChI is InChI=1S/C26H26FN7O2/c1-33(2)13-16-7-18(9-29-24(16)15-4-6-36-14-15)32-25-23-20(11-31-26(23)35)19(10-30-25)21-12-28-22-8-17(27)3-5-34(21)22/h3,5,7-10,12,15H,4,6,11,13-14H2,1-2H3,(H,30,32)(H,31,35)/t15-/m1/s1. The second-order valence-electron chi connectivity index (χ2n) is 9.46. The molecule has 10 heteroatoms. The highest BCUT2D eigenvalue weighted by Crippen LogP contribution is 2.35. The van der Waals surface area contributed by atoms with Crippen LogP contribution >= 0.6 is 0 Å². The molecule has 6 rings (SSSR count). The lowest BCUT2D eigenvalue weighted by atomic mass is 9.98. The number of imidazole rings is 1. The smallest absolute Gasteiger partial charge is 0.255 e. The monoisotopic (exact) mass is 487 g/mol. The molecule has 0 bridgehead atoms. The molecule has 1 atom stereocenters. The lowest BCUT2D eigenvalue weighted by Crippen LogP contribution is -2.16. The van der Waals surface area contributed by atoms with Crippen LogP contribution < -0.4 is 10.6 Å². The van der Waals surface area contributed by atoms with Crippen LogP contribution in [-0.2, 0) is 17.8 Å². The predicted molar refractivity (Wildman–Crippen MR) is 133 cm³/mol. The Bertz CT molecular complexity index is 1480. The van der Waals surface area contributed by atoms with Crippen molar-refractivity contribution in [3.05, 3.63) is 71.2 Å². The largest absolute Gasteiger partial charge is 0.381 e. The molecule has 4 aromatic rings. The molecule has 9 nitrogen and oxygen atoms in total. The van der Waals surface area contributed by atoms with Crippen molar-refractivity contribution in [3.8, 4) is 11.3 Å². The van der Waals surface area contributed by atoms with Crippen molar-refractivity contribution in [1.82, 2.24) is 29.6 Å². The molecule has 0 saturated carbocycles. The molecule has 0 aliphatic carbocycles. The molecule has 2 aliphatic heterocycles. The maximum Gasteiger partial charge on any atom is 0.255 e. The Balaban J connectivity index is 1.38. The fraction of sp³-hybridized carbons (Fsp3) is 0.308. The number of aromatic nitrogens is 4. The van der Waals surface area contributed by atoms with Crippen molar-refractivity contribution in [2.45, 2.75) is 25.4 Å². The number of fused-ring (bicyclic) bond motifs is 2. The number of pyridine rings is 3. The first kappa shape index (κ1) is 22.6. The molecule has 2 N–H and O–H groups in total. The molecule has 1 fully saturated rings. The van der Waals surface area contributed by atoms with Gasteiger partial charge in [0, 0.05) is 49.6 Å². The summed E-state index contributed by atoms with van der Waals surface area (Å²) in [6, 6.07) is 4.83. The number of halogens is 1. The molecular formula is C26H26FN7O2. The van der Waals surface area contributed by atoms with Crippen molar-refractivity contribution < 1.29 is 13.9 Å². The number of amides is 1. The fourth-order valence-electron chi connectivity index (χ4n) is 5.02. The van der Waals surface area contributed by atoms with E-state index in [-0.39, 0.29) is 11.7 Å². The van der Waals surface area contributed by atoms with Crippen molar-refractivity contribution in [2.75, 3.05) is 32.6 Å². The Kier molecular flexibility index (Phi) is 5.62. The second-order valence-corrected chi connectivity index (χ2v) is 9.46. The van der Waals surface area contributed by atoms with Crippen LogP contribution in [0.2, 0.25) is 0 Å². The third-order valence-electron chi connectivity index (χ3n) is 6.66. The van der Waals surface area contributed by atoms with Gasteiger partial charge in [-0.1, -0.05) is 0 Å². The van der Waals surface area contributed by atoms with Gasteiger partial charge >= 0.3 is 0 Å². The lowest BCUT2D eigenvalue weighted by molar-refractivity contribution is 0.0966. The summed E-state index contributed by atoms with van der Waals surface area (Å²) in [6.45, 7) is 2.56. The van der Waals surface area contributed by atoms with Gasteiger partial charge in [-0.3, -0.25) is 14.2 Å². The minimum absolute atomic E-state index is 0.192. The average Bonchev–Trinajstić information content (AvgIpc) is 3.60. The average molecular weight is 488 g/mol. The van der Waals surface area contributed by atoms with Gasteiger partial charge in [0.1, 0.15) is 17.3 Å². The molecule has 0 radical (unpaired) electrons. The molecule has 4 aromatic heterocycles. The molecule has 2 aliphatic rings. The number of ether oxygens (including phenoxy) is 1. The zero-order valence-electron chi connectivity index (χ0n) is 20.1. The van der Waals surface area contributed by atoms with E-state index < -0.39 is 0 Å².